The Balaban J connectivity index is 0.00000264. The first-order chi connectivity index (χ1) is 10.8. The van der Waals surface area contributed by atoms with E-state index in [1.54, 1.807) is 0 Å². The third-order valence-electron chi connectivity index (χ3n) is 4.19. The summed E-state index contributed by atoms with van der Waals surface area (Å²) in [6.45, 7) is 3.55. The van der Waals surface area contributed by atoms with Crippen LogP contribution in [-0.2, 0) is 11.2 Å². The molecule has 0 atom stereocenters. The maximum absolute atomic E-state index is 5.49. The summed E-state index contributed by atoms with van der Waals surface area (Å²) >= 11 is 1.94. The van der Waals surface area contributed by atoms with Gasteiger partial charge in [0.1, 0.15) is 0 Å². The van der Waals surface area contributed by atoms with E-state index in [1.165, 1.54) is 5.56 Å². The molecule has 1 aliphatic rings. The fraction of sp³-hybridized carbons (Fsp3) is 0.588. The highest BCUT2D eigenvalue weighted by Crippen LogP contribution is 2.32. The summed E-state index contributed by atoms with van der Waals surface area (Å²) in [4.78, 5) is 4.32. The molecule has 0 unspecified atom stereocenters. The van der Waals surface area contributed by atoms with Gasteiger partial charge in [0.15, 0.2) is 5.96 Å². The van der Waals surface area contributed by atoms with Crippen molar-refractivity contribution in [3.8, 4) is 0 Å². The number of thioether (sulfide) groups is 1. The van der Waals surface area contributed by atoms with E-state index in [9.17, 15) is 0 Å². The van der Waals surface area contributed by atoms with E-state index < -0.39 is 0 Å². The molecule has 2 N–H and O–H groups in total. The van der Waals surface area contributed by atoms with E-state index in [0.717, 1.165) is 51.5 Å². The molecule has 1 aromatic carbocycles. The van der Waals surface area contributed by atoms with Gasteiger partial charge in [0.25, 0.3) is 0 Å². The smallest absolute Gasteiger partial charge is 0.191 e. The molecule has 23 heavy (non-hydrogen) atoms. The summed E-state index contributed by atoms with van der Waals surface area (Å²) in [5.74, 6) is 0.885. The molecule has 130 valence electrons. The van der Waals surface area contributed by atoms with Gasteiger partial charge in [-0.25, -0.2) is 0 Å². The third kappa shape index (κ3) is 6.89. The minimum atomic E-state index is 0. The Morgan fingerprint density at radius 1 is 1.22 bits per heavy atom. The number of guanidine groups is 1. The molecule has 1 saturated heterocycles. The second-order valence-electron chi connectivity index (χ2n) is 5.59. The second kappa shape index (κ2) is 11.1. The first kappa shape index (κ1) is 20.6. The average molecular weight is 449 g/mol. The zero-order valence-electron chi connectivity index (χ0n) is 14.0. The molecule has 4 nitrogen and oxygen atoms in total. The number of aliphatic imine (C=N–C) groups is 1. The molecule has 1 aliphatic heterocycles. The number of rotatable bonds is 6. The van der Waals surface area contributed by atoms with Crippen molar-refractivity contribution in [1.29, 1.82) is 0 Å². The van der Waals surface area contributed by atoms with Crippen molar-refractivity contribution in [2.75, 3.05) is 39.6 Å². The molecule has 0 aromatic heterocycles. The number of halogens is 1. The molecule has 6 heteroatoms. The van der Waals surface area contributed by atoms with Gasteiger partial charge in [0, 0.05) is 38.1 Å². The number of hydrogen-bond acceptors (Lipinski definition) is 3. The average Bonchev–Trinajstić information content (AvgIpc) is 2.59. The van der Waals surface area contributed by atoms with E-state index in [1.807, 2.05) is 24.9 Å². The van der Waals surface area contributed by atoms with Crippen LogP contribution in [0, 0.1) is 0 Å². The maximum Gasteiger partial charge on any atom is 0.191 e. The molecule has 0 amide bonds. The standard InChI is InChI=1S/C17H27N3OS.HI/c1-18-16(19-11-8-15-6-4-3-5-7-15)20-14-17(22-2)9-12-21-13-10-17;/h3-7H,8-14H2,1-2H3,(H2,18,19,20);1H. The minimum Gasteiger partial charge on any atom is -0.381 e. The normalized spacial score (nSPS) is 17.2. The lowest BCUT2D eigenvalue weighted by molar-refractivity contribution is 0.0783. The number of nitrogens with zero attached hydrogens (tertiary/aromatic N) is 1. The molecule has 2 rings (SSSR count). The van der Waals surface area contributed by atoms with E-state index in [4.69, 9.17) is 4.74 Å². The van der Waals surface area contributed by atoms with Crippen LogP contribution in [0.2, 0.25) is 0 Å². The number of hydrogen-bond donors (Lipinski definition) is 2. The highest BCUT2D eigenvalue weighted by Gasteiger charge is 2.31. The third-order valence-corrected chi connectivity index (χ3v) is 5.61. The minimum absolute atomic E-state index is 0. The van der Waals surface area contributed by atoms with Crippen molar-refractivity contribution in [3.05, 3.63) is 35.9 Å². The quantitative estimate of drug-likeness (QED) is 0.399. The van der Waals surface area contributed by atoms with E-state index >= 15 is 0 Å². The van der Waals surface area contributed by atoms with Crippen molar-refractivity contribution >= 4 is 41.7 Å². The number of benzene rings is 1. The van der Waals surface area contributed by atoms with Gasteiger partial charge in [-0.15, -0.1) is 24.0 Å². The SMILES string of the molecule is CN=C(NCCc1ccccc1)NCC1(SC)CCOCC1.I. The van der Waals surface area contributed by atoms with Gasteiger partial charge in [-0.05, 0) is 31.1 Å². The first-order valence-corrected chi connectivity index (χ1v) is 9.12. The molecule has 0 spiro atoms. The summed E-state index contributed by atoms with van der Waals surface area (Å²) in [6, 6.07) is 10.5. The van der Waals surface area contributed by atoms with Gasteiger partial charge < -0.3 is 15.4 Å². The highest BCUT2D eigenvalue weighted by atomic mass is 127. The van der Waals surface area contributed by atoms with Crippen molar-refractivity contribution in [1.82, 2.24) is 10.6 Å². The van der Waals surface area contributed by atoms with Crippen LogP contribution in [0.4, 0.5) is 0 Å². The predicted octanol–water partition coefficient (Wildman–Crippen LogP) is 2.92. The predicted molar refractivity (Wildman–Crippen MR) is 111 cm³/mol. The van der Waals surface area contributed by atoms with Gasteiger partial charge in [0.2, 0.25) is 0 Å². The van der Waals surface area contributed by atoms with Crippen LogP contribution in [0.5, 0.6) is 0 Å². The fourth-order valence-corrected chi connectivity index (χ4v) is 3.42. The van der Waals surface area contributed by atoms with Gasteiger partial charge in [0.05, 0.1) is 0 Å². The van der Waals surface area contributed by atoms with Crippen LogP contribution in [0.15, 0.2) is 35.3 Å². The van der Waals surface area contributed by atoms with E-state index in [-0.39, 0.29) is 28.7 Å². The lowest BCUT2D eigenvalue weighted by Crippen LogP contribution is -2.48. The summed E-state index contributed by atoms with van der Waals surface area (Å²) in [6.07, 6.45) is 5.39. The Morgan fingerprint density at radius 2 is 1.91 bits per heavy atom. The largest absolute Gasteiger partial charge is 0.381 e. The van der Waals surface area contributed by atoms with Crippen molar-refractivity contribution in [3.63, 3.8) is 0 Å². The summed E-state index contributed by atoms with van der Waals surface area (Å²) in [5, 5.41) is 6.88. The number of nitrogens with one attached hydrogen (secondary N) is 2. The van der Waals surface area contributed by atoms with Gasteiger partial charge in [-0.2, -0.15) is 11.8 Å². The first-order valence-electron chi connectivity index (χ1n) is 7.89. The van der Waals surface area contributed by atoms with Crippen LogP contribution >= 0.6 is 35.7 Å². The zero-order chi connectivity index (χ0) is 15.7. The topological polar surface area (TPSA) is 45.7 Å². The fourth-order valence-electron chi connectivity index (χ4n) is 2.63. The molecule has 1 fully saturated rings. The van der Waals surface area contributed by atoms with Crippen molar-refractivity contribution in [2.24, 2.45) is 4.99 Å². The molecular formula is C17H28IN3OS. The Labute approximate surface area is 161 Å². The summed E-state index contributed by atoms with van der Waals surface area (Å²) in [5.41, 5.74) is 1.34. The second-order valence-corrected chi connectivity index (χ2v) is 6.86. The Hall–Kier alpha value is -0.470. The van der Waals surface area contributed by atoms with Crippen LogP contribution in [0.25, 0.3) is 0 Å². The molecule has 1 heterocycles. The Morgan fingerprint density at radius 3 is 2.52 bits per heavy atom. The molecular weight excluding hydrogens is 421 g/mol. The van der Waals surface area contributed by atoms with Crippen molar-refractivity contribution < 1.29 is 4.74 Å². The molecule has 1 aromatic rings. The summed E-state index contributed by atoms with van der Waals surface area (Å²) in [7, 11) is 1.83. The zero-order valence-corrected chi connectivity index (χ0v) is 17.2. The van der Waals surface area contributed by atoms with Gasteiger partial charge >= 0.3 is 0 Å². The molecule has 0 aliphatic carbocycles. The van der Waals surface area contributed by atoms with E-state index in [2.05, 4.69) is 46.1 Å². The maximum atomic E-state index is 5.49. The molecule has 0 saturated carbocycles. The molecule has 0 bridgehead atoms. The van der Waals surface area contributed by atoms with Crippen LogP contribution in [-0.4, -0.2) is 50.3 Å². The highest BCUT2D eigenvalue weighted by molar-refractivity contribution is 14.0. The Bertz CT molecular complexity index is 464. The monoisotopic (exact) mass is 449 g/mol. The summed E-state index contributed by atoms with van der Waals surface area (Å²) < 4.78 is 5.76. The van der Waals surface area contributed by atoms with Crippen LogP contribution < -0.4 is 10.6 Å². The van der Waals surface area contributed by atoms with Crippen molar-refractivity contribution in [2.45, 2.75) is 24.0 Å². The van der Waals surface area contributed by atoms with Gasteiger partial charge in [-0.3, -0.25) is 4.99 Å². The van der Waals surface area contributed by atoms with Crippen LogP contribution in [0.1, 0.15) is 18.4 Å². The van der Waals surface area contributed by atoms with E-state index in [0.29, 0.717) is 0 Å². The lowest BCUT2D eigenvalue weighted by atomic mass is 9.99. The van der Waals surface area contributed by atoms with Gasteiger partial charge in [-0.1, -0.05) is 30.3 Å². The lowest BCUT2D eigenvalue weighted by Gasteiger charge is -2.36. The molecule has 0 radical (unpaired) electrons. The Kier molecular flexibility index (Phi) is 9.97. The van der Waals surface area contributed by atoms with Crippen LogP contribution in [0.3, 0.4) is 0 Å². The number of ether oxygens (including phenoxy) is 1.